The number of halogens is 2. The zero-order valence-electron chi connectivity index (χ0n) is 10.2. The summed E-state index contributed by atoms with van der Waals surface area (Å²) in [5.74, 6) is -0.651. The van der Waals surface area contributed by atoms with E-state index in [0.29, 0.717) is 5.56 Å². The van der Waals surface area contributed by atoms with Crippen LogP contribution in [0.3, 0.4) is 0 Å². The molecule has 0 aliphatic rings. The Morgan fingerprint density at radius 1 is 1.37 bits per heavy atom. The molecular formula is C12H15Cl2NO3S. The Balaban J connectivity index is 2.76. The van der Waals surface area contributed by atoms with Gasteiger partial charge in [-0.25, -0.2) is 0 Å². The third kappa shape index (κ3) is 4.85. The van der Waals surface area contributed by atoms with Gasteiger partial charge < -0.3 is 15.5 Å². The van der Waals surface area contributed by atoms with E-state index in [1.165, 1.54) is 0 Å². The number of carbonyl (C=O) groups excluding carboxylic acids is 1. The molecule has 0 aliphatic carbocycles. The number of aliphatic hydroxyl groups excluding tert-OH is 2. The first-order valence-electron chi connectivity index (χ1n) is 5.51. The monoisotopic (exact) mass is 323 g/mol. The average Bonchev–Trinajstić information content (AvgIpc) is 2.43. The van der Waals surface area contributed by atoms with Crippen molar-refractivity contribution in [1.29, 1.82) is 0 Å². The first-order chi connectivity index (χ1) is 8.99. The van der Waals surface area contributed by atoms with Gasteiger partial charge in [0.2, 0.25) is 0 Å². The highest BCUT2D eigenvalue weighted by atomic mass is 35.5. The van der Waals surface area contributed by atoms with E-state index in [-0.39, 0.29) is 0 Å². The van der Waals surface area contributed by atoms with E-state index in [0.717, 1.165) is 4.90 Å². The summed E-state index contributed by atoms with van der Waals surface area (Å²) < 4.78 is 0. The molecule has 1 rings (SSSR count). The summed E-state index contributed by atoms with van der Waals surface area (Å²) in [7, 11) is 0. The number of hydrogen-bond donors (Lipinski definition) is 3. The van der Waals surface area contributed by atoms with Gasteiger partial charge in [-0.2, -0.15) is 0 Å². The Morgan fingerprint density at radius 3 is 2.37 bits per heavy atom. The highest BCUT2D eigenvalue weighted by Gasteiger charge is 2.24. The minimum Gasteiger partial charge on any atom is -0.394 e. The molecule has 1 amide bonds. The van der Waals surface area contributed by atoms with Crippen molar-refractivity contribution in [1.82, 2.24) is 5.32 Å². The topological polar surface area (TPSA) is 69.6 Å². The molecule has 0 spiro atoms. The van der Waals surface area contributed by atoms with Crippen molar-refractivity contribution in [2.45, 2.75) is 21.9 Å². The molecule has 0 fully saturated rings. The lowest BCUT2D eigenvalue weighted by Gasteiger charge is -2.23. The van der Waals surface area contributed by atoms with E-state index in [9.17, 15) is 15.0 Å². The molecule has 2 atom stereocenters. The number of alkyl halides is 2. The third-order valence-corrected chi connectivity index (χ3v) is 3.70. The molecule has 0 saturated carbocycles. The van der Waals surface area contributed by atoms with Crippen molar-refractivity contribution < 1.29 is 15.0 Å². The van der Waals surface area contributed by atoms with E-state index >= 15 is 0 Å². The maximum absolute atomic E-state index is 11.3. The lowest BCUT2D eigenvalue weighted by molar-refractivity contribution is -0.121. The highest BCUT2D eigenvalue weighted by Crippen LogP contribution is 2.21. The van der Waals surface area contributed by atoms with Crippen LogP contribution in [0, 0.1) is 0 Å². The van der Waals surface area contributed by atoms with Crippen molar-refractivity contribution >= 4 is 40.9 Å². The number of carbonyl (C=O) groups is 1. The van der Waals surface area contributed by atoms with Gasteiger partial charge in [-0.1, -0.05) is 35.3 Å². The van der Waals surface area contributed by atoms with Gasteiger partial charge in [0.25, 0.3) is 5.91 Å². The average molecular weight is 324 g/mol. The van der Waals surface area contributed by atoms with Crippen LogP contribution >= 0.6 is 35.0 Å². The second kappa shape index (κ2) is 7.97. The second-order valence-electron chi connectivity index (χ2n) is 3.82. The van der Waals surface area contributed by atoms with Crippen molar-refractivity contribution in [3.05, 3.63) is 29.8 Å². The van der Waals surface area contributed by atoms with Crippen LogP contribution < -0.4 is 5.32 Å². The fraction of sp³-hybridized carbons (Fsp3) is 0.417. The molecule has 0 aromatic heterocycles. The maximum atomic E-state index is 11.3. The third-order valence-electron chi connectivity index (χ3n) is 2.56. The zero-order valence-corrected chi connectivity index (χ0v) is 12.5. The van der Waals surface area contributed by atoms with E-state index in [2.05, 4.69) is 5.32 Å². The quantitative estimate of drug-likeness (QED) is 0.550. The predicted octanol–water partition coefficient (Wildman–Crippen LogP) is 1.72. The highest BCUT2D eigenvalue weighted by molar-refractivity contribution is 7.98. The maximum Gasteiger partial charge on any atom is 0.253 e. The van der Waals surface area contributed by atoms with Crippen LogP contribution in [0.1, 0.15) is 11.7 Å². The number of rotatable bonds is 6. The van der Waals surface area contributed by atoms with Crippen LogP contribution in [0.5, 0.6) is 0 Å². The summed E-state index contributed by atoms with van der Waals surface area (Å²) in [6.45, 7) is -0.419. The van der Waals surface area contributed by atoms with Crippen LogP contribution in [0.25, 0.3) is 0 Å². The van der Waals surface area contributed by atoms with Crippen LogP contribution in [-0.2, 0) is 4.79 Å². The molecule has 0 radical (unpaired) electrons. The van der Waals surface area contributed by atoms with Crippen LogP contribution in [0.2, 0.25) is 0 Å². The van der Waals surface area contributed by atoms with E-state index in [1.807, 2.05) is 18.4 Å². The Hall–Kier alpha value is -0.460. The number of thioether (sulfide) groups is 1. The van der Waals surface area contributed by atoms with Crippen molar-refractivity contribution in [2.24, 2.45) is 0 Å². The number of amides is 1. The minimum absolute atomic E-state index is 0.419. The molecule has 106 valence electrons. The molecule has 7 heteroatoms. The summed E-state index contributed by atoms with van der Waals surface area (Å²) in [6, 6.07) is 6.33. The second-order valence-corrected chi connectivity index (χ2v) is 5.79. The summed E-state index contributed by atoms with van der Waals surface area (Å²) in [6.07, 6.45) is 0.917. The summed E-state index contributed by atoms with van der Waals surface area (Å²) in [5.41, 5.74) is 0.595. The first-order valence-corrected chi connectivity index (χ1v) is 7.60. The molecule has 0 saturated heterocycles. The normalized spacial score (nSPS) is 14.2. The summed E-state index contributed by atoms with van der Waals surface area (Å²) >= 11 is 12.4. The largest absolute Gasteiger partial charge is 0.394 e. The number of nitrogens with one attached hydrogen (secondary N) is 1. The van der Waals surface area contributed by atoms with Gasteiger partial charge in [0, 0.05) is 4.90 Å². The molecule has 4 nitrogen and oxygen atoms in total. The van der Waals surface area contributed by atoms with E-state index in [1.54, 1.807) is 23.9 Å². The molecule has 0 heterocycles. The number of benzene rings is 1. The van der Waals surface area contributed by atoms with Gasteiger partial charge >= 0.3 is 0 Å². The summed E-state index contributed by atoms with van der Waals surface area (Å²) in [4.78, 5) is 11.2. The fourth-order valence-corrected chi connectivity index (χ4v) is 2.04. The van der Waals surface area contributed by atoms with Gasteiger partial charge in [-0.15, -0.1) is 11.8 Å². The standard InChI is InChI=1S/C12H15Cl2NO3S/c1-19-8-4-2-7(3-5-8)10(17)9(6-16)15-12(18)11(13)14/h2-5,9-11,16-17H,6H2,1H3,(H,15,18)/t9-,10-/m0/s1. The molecular weight excluding hydrogens is 309 g/mol. The Labute approximate surface area is 126 Å². The van der Waals surface area contributed by atoms with Gasteiger partial charge in [0.1, 0.15) is 6.10 Å². The van der Waals surface area contributed by atoms with Gasteiger partial charge in [-0.3, -0.25) is 4.79 Å². The number of hydrogen-bond acceptors (Lipinski definition) is 4. The molecule has 0 unspecified atom stereocenters. The Kier molecular flexibility index (Phi) is 6.96. The van der Waals surface area contributed by atoms with E-state index < -0.39 is 29.5 Å². The molecule has 19 heavy (non-hydrogen) atoms. The molecule has 0 aliphatic heterocycles. The Morgan fingerprint density at radius 2 is 1.95 bits per heavy atom. The SMILES string of the molecule is CSc1ccc([C@H](O)[C@H](CO)NC(=O)C(Cl)Cl)cc1. The lowest BCUT2D eigenvalue weighted by Crippen LogP contribution is -2.44. The smallest absolute Gasteiger partial charge is 0.253 e. The van der Waals surface area contributed by atoms with Crippen molar-refractivity contribution in [3.63, 3.8) is 0 Å². The molecule has 0 bridgehead atoms. The minimum atomic E-state index is -1.24. The van der Waals surface area contributed by atoms with Crippen LogP contribution in [-0.4, -0.2) is 39.9 Å². The molecule has 3 N–H and O–H groups in total. The van der Waals surface area contributed by atoms with E-state index in [4.69, 9.17) is 23.2 Å². The van der Waals surface area contributed by atoms with Crippen molar-refractivity contribution in [2.75, 3.05) is 12.9 Å². The van der Waals surface area contributed by atoms with Crippen molar-refractivity contribution in [3.8, 4) is 0 Å². The van der Waals surface area contributed by atoms with Gasteiger partial charge in [0.15, 0.2) is 4.84 Å². The van der Waals surface area contributed by atoms with Crippen LogP contribution in [0.15, 0.2) is 29.2 Å². The molecule has 1 aromatic carbocycles. The van der Waals surface area contributed by atoms with Crippen LogP contribution in [0.4, 0.5) is 0 Å². The molecule has 1 aromatic rings. The summed E-state index contributed by atoms with van der Waals surface area (Å²) in [5, 5.41) is 21.7. The van der Waals surface area contributed by atoms with Gasteiger partial charge in [-0.05, 0) is 24.0 Å². The van der Waals surface area contributed by atoms with Gasteiger partial charge in [0.05, 0.1) is 12.6 Å². The predicted molar refractivity (Wildman–Crippen MR) is 77.7 cm³/mol. The fourth-order valence-electron chi connectivity index (χ4n) is 1.50. The zero-order chi connectivity index (χ0) is 14.4. The lowest BCUT2D eigenvalue weighted by atomic mass is 10.0. The Bertz CT molecular complexity index is 414. The number of aliphatic hydroxyl groups is 2. The first kappa shape index (κ1) is 16.6.